The van der Waals surface area contributed by atoms with Crippen LogP contribution < -0.4 is 5.32 Å². The Labute approximate surface area is 85.8 Å². The molecule has 3 heteroatoms. The van der Waals surface area contributed by atoms with Gasteiger partial charge in [0.05, 0.1) is 6.10 Å². The van der Waals surface area contributed by atoms with Crippen LogP contribution in [0.5, 0.6) is 0 Å². The zero-order chi connectivity index (χ0) is 9.36. The molecule has 0 aliphatic carbocycles. The molecule has 1 saturated heterocycles. The Balaban J connectivity index is 1.78. The standard InChI is InChI=1S/C10H21NOS/c1-2-13-8-4-6-11-9-10-5-3-7-12-10/h10-11H,2-9H2,1H3. The van der Waals surface area contributed by atoms with E-state index in [2.05, 4.69) is 12.2 Å². The van der Waals surface area contributed by atoms with Gasteiger partial charge >= 0.3 is 0 Å². The highest BCUT2D eigenvalue weighted by Crippen LogP contribution is 2.10. The maximum Gasteiger partial charge on any atom is 0.0700 e. The van der Waals surface area contributed by atoms with Gasteiger partial charge in [0, 0.05) is 13.2 Å². The second-order valence-electron chi connectivity index (χ2n) is 3.39. The number of thioether (sulfide) groups is 1. The molecular formula is C10H21NOS. The Morgan fingerprint density at radius 1 is 1.54 bits per heavy atom. The van der Waals surface area contributed by atoms with Crippen LogP contribution in [0.25, 0.3) is 0 Å². The lowest BCUT2D eigenvalue weighted by atomic mass is 10.2. The summed E-state index contributed by atoms with van der Waals surface area (Å²) in [6, 6.07) is 0. The summed E-state index contributed by atoms with van der Waals surface area (Å²) in [5.41, 5.74) is 0. The lowest BCUT2D eigenvalue weighted by Crippen LogP contribution is -2.27. The molecule has 0 aromatic heterocycles. The Bertz CT molecular complexity index is 115. The van der Waals surface area contributed by atoms with Crippen molar-refractivity contribution in [3.63, 3.8) is 0 Å². The molecule has 1 aliphatic rings. The molecule has 1 fully saturated rings. The smallest absolute Gasteiger partial charge is 0.0700 e. The Kier molecular flexibility index (Phi) is 6.68. The first-order valence-electron chi connectivity index (χ1n) is 5.33. The second kappa shape index (κ2) is 7.65. The van der Waals surface area contributed by atoms with Crippen LogP contribution in [0.3, 0.4) is 0 Å². The first-order chi connectivity index (χ1) is 6.43. The lowest BCUT2D eigenvalue weighted by Gasteiger charge is -2.10. The van der Waals surface area contributed by atoms with Gasteiger partial charge in [-0.1, -0.05) is 6.92 Å². The van der Waals surface area contributed by atoms with Crippen molar-refractivity contribution in [2.24, 2.45) is 0 Å². The number of nitrogens with one attached hydrogen (secondary N) is 1. The molecule has 1 heterocycles. The van der Waals surface area contributed by atoms with Gasteiger partial charge < -0.3 is 10.1 Å². The Morgan fingerprint density at radius 2 is 2.46 bits per heavy atom. The van der Waals surface area contributed by atoms with E-state index in [4.69, 9.17) is 4.74 Å². The third kappa shape index (κ3) is 5.55. The average molecular weight is 203 g/mol. The van der Waals surface area contributed by atoms with Crippen LogP contribution in [0.1, 0.15) is 26.2 Å². The minimum atomic E-state index is 0.499. The van der Waals surface area contributed by atoms with Gasteiger partial charge in [-0.2, -0.15) is 11.8 Å². The van der Waals surface area contributed by atoms with Crippen molar-refractivity contribution in [3.05, 3.63) is 0 Å². The summed E-state index contributed by atoms with van der Waals surface area (Å²) in [4.78, 5) is 0. The number of hydrogen-bond acceptors (Lipinski definition) is 3. The molecule has 0 spiro atoms. The van der Waals surface area contributed by atoms with Crippen molar-refractivity contribution < 1.29 is 4.74 Å². The topological polar surface area (TPSA) is 21.3 Å². The summed E-state index contributed by atoms with van der Waals surface area (Å²) in [5, 5.41) is 3.45. The van der Waals surface area contributed by atoms with Crippen LogP contribution in [0.4, 0.5) is 0 Å². The van der Waals surface area contributed by atoms with E-state index in [0.717, 1.165) is 19.7 Å². The van der Waals surface area contributed by atoms with Crippen molar-refractivity contribution in [1.29, 1.82) is 0 Å². The number of hydrogen-bond donors (Lipinski definition) is 1. The SMILES string of the molecule is CCSCCCNCC1CCCO1. The average Bonchev–Trinajstić information content (AvgIpc) is 2.63. The number of ether oxygens (including phenoxy) is 1. The molecule has 1 N–H and O–H groups in total. The molecule has 0 bridgehead atoms. The highest BCUT2D eigenvalue weighted by atomic mass is 32.2. The van der Waals surface area contributed by atoms with Crippen LogP contribution in [0.2, 0.25) is 0 Å². The summed E-state index contributed by atoms with van der Waals surface area (Å²) in [6.45, 7) is 5.38. The highest BCUT2D eigenvalue weighted by Gasteiger charge is 2.13. The first-order valence-corrected chi connectivity index (χ1v) is 6.49. The Hall–Kier alpha value is 0.270. The molecule has 2 nitrogen and oxygen atoms in total. The molecular weight excluding hydrogens is 182 g/mol. The molecule has 0 amide bonds. The van der Waals surface area contributed by atoms with Crippen molar-refractivity contribution in [1.82, 2.24) is 5.32 Å². The first kappa shape index (κ1) is 11.3. The van der Waals surface area contributed by atoms with E-state index < -0.39 is 0 Å². The normalized spacial score (nSPS) is 22.4. The summed E-state index contributed by atoms with van der Waals surface area (Å²) in [6.07, 6.45) is 4.28. The van der Waals surface area contributed by atoms with Gasteiger partial charge in [0.2, 0.25) is 0 Å². The van der Waals surface area contributed by atoms with E-state index >= 15 is 0 Å². The zero-order valence-electron chi connectivity index (χ0n) is 8.55. The van der Waals surface area contributed by atoms with Crippen LogP contribution in [-0.4, -0.2) is 37.3 Å². The predicted molar refractivity (Wildman–Crippen MR) is 59.5 cm³/mol. The molecule has 0 aromatic rings. The lowest BCUT2D eigenvalue weighted by molar-refractivity contribution is 0.110. The van der Waals surface area contributed by atoms with Crippen LogP contribution in [0.15, 0.2) is 0 Å². The van der Waals surface area contributed by atoms with Crippen molar-refractivity contribution >= 4 is 11.8 Å². The van der Waals surface area contributed by atoms with E-state index in [-0.39, 0.29) is 0 Å². The summed E-state index contributed by atoms with van der Waals surface area (Å²) in [5.74, 6) is 2.53. The molecule has 0 saturated carbocycles. The van der Waals surface area contributed by atoms with Crippen LogP contribution in [0, 0.1) is 0 Å². The highest BCUT2D eigenvalue weighted by molar-refractivity contribution is 7.99. The number of rotatable bonds is 7. The molecule has 1 atom stereocenters. The maximum atomic E-state index is 5.51. The minimum absolute atomic E-state index is 0.499. The van der Waals surface area contributed by atoms with Gasteiger partial charge in [0.1, 0.15) is 0 Å². The van der Waals surface area contributed by atoms with Gasteiger partial charge in [-0.05, 0) is 37.3 Å². The molecule has 0 aromatic carbocycles. The fraction of sp³-hybridized carbons (Fsp3) is 1.00. The fourth-order valence-corrected chi connectivity index (χ4v) is 2.15. The third-order valence-electron chi connectivity index (χ3n) is 2.24. The molecule has 1 rings (SSSR count). The van der Waals surface area contributed by atoms with Gasteiger partial charge in [-0.15, -0.1) is 0 Å². The van der Waals surface area contributed by atoms with Gasteiger partial charge in [-0.3, -0.25) is 0 Å². The monoisotopic (exact) mass is 203 g/mol. The molecule has 1 aliphatic heterocycles. The quantitative estimate of drug-likeness (QED) is 0.639. The van der Waals surface area contributed by atoms with E-state index in [1.807, 2.05) is 11.8 Å². The molecule has 1 unspecified atom stereocenters. The molecule has 0 radical (unpaired) electrons. The zero-order valence-corrected chi connectivity index (χ0v) is 9.37. The van der Waals surface area contributed by atoms with E-state index in [0.29, 0.717) is 6.10 Å². The van der Waals surface area contributed by atoms with Gasteiger partial charge in [-0.25, -0.2) is 0 Å². The molecule has 13 heavy (non-hydrogen) atoms. The largest absolute Gasteiger partial charge is 0.377 e. The van der Waals surface area contributed by atoms with E-state index in [1.165, 1.54) is 30.8 Å². The predicted octanol–water partition coefficient (Wildman–Crippen LogP) is 1.90. The summed E-state index contributed by atoms with van der Waals surface area (Å²) < 4.78 is 5.51. The summed E-state index contributed by atoms with van der Waals surface area (Å²) in [7, 11) is 0. The van der Waals surface area contributed by atoms with E-state index in [9.17, 15) is 0 Å². The van der Waals surface area contributed by atoms with Crippen LogP contribution in [-0.2, 0) is 4.74 Å². The van der Waals surface area contributed by atoms with Gasteiger partial charge in [0.25, 0.3) is 0 Å². The summed E-state index contributed by atoms with van der Waals surface area (Å²) >= 11 is 2.02. The fourth-order valence-electron chi connectivity index (χ4n) is 1.51. The van der Waals surface area contributed by atoms with Crippen molar-refractivity contribution in [2.75, 3.05) is 31.2 Å². The van der Waals surface area contributed by atoms with Crippen molar-refractivity contribution in [2.45, 2.75) is 32.3 Å². The third-order valence-corrected chi connectivity index (χ3v) is 3.23. The van der Waals surface area contributed by atoms with Crippen molar-refractivity contribution in [3.8, 4) is 0 Å². The van der Waals surface area contributed by atoms with E-state index in [1.54, 1.807) is 0 Å². The maximum absolute atomic E-state index is 5.51. The van der Waals surface area contributed by atoms with Crippen LogP contribution >= 0.6 is 11.8 Å². The van der Waals surface area contributed by atoms with Gasteiger partial charge in [0.15, 0.2) is 0 Å². The minimum Gasteiger partial charge on any atom is -0.377 e. The molecule has 78 valence electrons. The Morgan fingerprint density at radius 3 is 3.15 bits per heavy atom. The second-order valence-corrected chi connectivity index (χ2v) is 4.78.